The summed E-state index contributed by atoms with van der Waals surface area (Å²) in [4.78, 5) is 59.6. The number of carboxylic acids is 1. The van der Waals surface area contributed by atoms with Gasteiger partial charge in [0.15, 0.2) is 5.71 Å². The number of rotatable bonds is 8. The molecule has 0 saturated carbocycles. The van der Waals surface area contributed by atoms with Crippen LogP contribution in [0.5, 0.6) is 0 Å². The number of pyridine rings is 1. The predicted molar refractivity (Wildman–Crippen MR) is 127 cm³/mol. The van der Waals surface area contributed by atoms with Gasteiger partial charge < -0.3 is 25.7 Å². The Morgan fingerprint density at radius 3 is 2.71 bits per heavy atom. The first kappa shape index (κ1) is 25.7. The number of amides is 2. The number of carbonyl (C=O) groups is 4. The first-order valence-electron chi connectivity index (χ1n) is 10.4. The number of anilines is 1. The summed E-state index contributed by atoms with van der Waals surface area (Å²) in [6, 6.07) is 3.49. The van der Waals surface area contributed by atoms with Crippen LogP contribution in [0.2, 0.25) is 0 Å². The molecular weight excluding hydrogens is 478 g/mol. The minimum atomic E-state index is -1.26. The first-order valence-corrected chi connectivity index (χ1v) is 11.5. The number of β-lactam (4-membered cyclic amide) rings is 1. The van der Waals surface area contributed by atoms with E-state index >= 15 is 0 Å². The van der Waals surface area contributed by atoms with E-state index in [9.17, 15) is 24.3 Å². The van der Waals surface area contributed by atoms with Gasteiger partial charge >= 0.3 is 11.9 Å². The summed E-state index contributed by atoms with van der Waals surface area (Å²) in [5.41, 5.74) is 4.96. The van der Waals surface area contributed by atoms with Crippen molar-refractivity contribution in [1.29, 1.82) is 0 Å². The van der Waals surface area contributed by atoms with E-state index in [1.165, 1.54) is 30.0 Å². The van der Waals surface area contributed by atoms with Crippen molar-refractivity contribution in [2.45, 2.75) is 37.8 Å². The molecule has 1 saturated heterocycles. The quantitative estimate of drug-likeness (QED) is 0.198. The number of carbonyl (C=O) groups excluding carboxylic acids is 3. The van der Waals surface area contributed by atoms with Gasteiger partial charge in [-0.05, 0) is 38.5 Å². The van der Waals surface area contributed by atoms with E-state index in [1.54, 1.807) is 26.8 Å². The van der Waals surface area contributed by atoms with E-state index in [0.29, 0.717) is 11.3 Å². The molecule has 0 radical (unpaired) electrons. The largest absolute Gasteiger partial charge is 0.477 e. The zero-order chi connectivity index (χ0) is 25.9. The Kier molecular flexibility index (Phi) is 7.48. The van der Waals surface area contributed by atoms with Gasteiger partial charge in [0.25, 0.3) is 11.8 Å². The predicted octanol–water partition coefficient (Wildman–Crippen LogP) is 0.651. The van der Waals surface area contributed by atoms with Gasteiger partial charge in [-0.25, -0.2) is 14.6 Å². The van der Waals surface area contributed by atoms with Gasteiger partial charge in [-0.1, -0.05) is 23.9 Å². The lowest BCUT2D eigenvalue weighted by Gasteiger charge is -2.49. The van der Waals surface area contributed by atoms with Crippen LogP contribution in [0.4, 0.5) is 5.82 Å². The minimum absolute atomic E-state index is 0.0479. The second-order valence-corrected chi connectivity index (χ2v) is 9.60. The Balaban J connectivity index is 1.78. The molecule has 3 heterocycles. The monoisotopic (exact) mass is 503 g/mol. The first-order chi connectivity index (χ1) is 16.4. The molecule has 0 aromatic carbocycles. The number of nitrogen functional groups attached to an aromatic ring is 1. The molecule has 2 aliphatic rings. The number of nitrogens with one attached hydrogen (secondary N) is 1. The van der Waals surface area contributed by atoms with E-state index in [4.69, 9.17) is 15.3 Å². The highest BCUT2D eigenvalue weighted by atomic mass is 32.2. The third-order valence-corrected chi connectivity index (χ3v) is 6.02. The summed E-state index contributed by atoms with van der Waals surface area (Å²) in [5.74, 6) is -2.95. The van der Waals surface area contributed by atoms with Crippen LogP contribution < -0.4 is 11.1 Å². The molecule has 12 nitrogen and oxygen atoms in total. The van der Waals surface area contributed by atoms with E-state index in [1.807, 2.05) is 0 Å². The van der Waals surface area contributed by atoms with Crippen LogP contribution >= 0.6 is 11.8 Å². The highest BCUT2D eigenvalue weighted by Gasteiger charge is 2.54. The average molecular weight is 504 g/mol. The minimum Gasteiger partial charge on any atom is -0.477 e. The van der Waals surface area contributed by atoms with E-state index in [2.05, 4.69) is 22.0 Å². The van der Waals surface area contributed by atoms with E-state index in [0.717, 1.165) is 4.90 Å². The van der Waals surface area contributed by atoms with Crippen LogP contribution in [0.25, 0.3) is 0 Å². The fourth-order valence-electron chi connectivity index (χ4n) is 3.32. The molecule has 1 aromatic rings. The highest BCUT2D eigenvalue weighted by molar-refractivity contribution is 8.00. The van der Waals surface area contributed by atoms with Crippen LogP contribution in [0.3, 0.4) is 0 Å². The molecule has 0 bridgehead atoms. The molecule has 186 valence electrons. The van der Waals surface area contributed by atoms with Crippen molar-refractivity contribution in [2.75, 3.05) is 18.1 Å². The second kappa shape index (κ2) is 10.2. The second-order valence-electron chi connectivity index (χ2n) is 8.49. The van der Waals surface area contributed by atoms with Crippen molar-refractivity contribution >= 4 is 47.0 Å². The summed E-state index contributed by atoms with van der Waals surface area (Å²) in [7, 11) is 0. The maximum atomic E-state index is 13.1. The molecule has 13 heteroatoms. The zero-order valence-corrected chi connectivity index (χ0v) is 20.1. The molecule has 1 fully saturated rings. The Morgan fingerprint density at radius 2 is 2.11 bits per heavy atom. The number of hydrogen-bond acceptors (Lipinski definition) is 10. The molecule has 0 aliphatic carbocycles. The average Bonchev–Trinajstić information content (AvgIpc) is 2.77. The lowest BCUT2D eigenvalue weighted by Crippen LogP contribution is -2.71. The molecule has 2 amide bonds. The van der Waals surface area contributed by atoms with Gasteiger partial charge in [-0.3, -0.25) is 14.5 Å². The van der Waals surface area contributed by atoms with Gasteiger partial charge in [0.2, 0.25) is 6.61 Å². The molecule has 1 aromatic heterocycles. The number of nitrogens with zero attached hydrogens (tertiary/aromatic N) is 3. The van der Waals surface area contributed by atoms with Crippen molar-refractivity contribution in [1.82, 2.24) is 15.2 Å². The third kappa shape index (κ3) is 5.80. The standard InChI is InChI=1S/C22H25N5O7S/c1-5-11-10-35-20-16(19(30)27(20)17(11)21(31)32)25-18(29)15(12-7-6-8-13(23)24-12)26-33-9-14(28)34-22(2,3)4/h5-8,16,20H,1,9-10H2,2-4H3,(H2,23,24)(H,25,29)(H,31,32)/b26-15+/t16?,20-/m1/s1. The zero-order valence-electron chi connectivity index (χ0n) is 19.3. The highest BCUT2D eigenvalue weighted by Crippen LogP contribution is 2.40. The van der Waals surface area contributed by atoms with Gasteiger partial charge in [-0.2, -0.15) is 0 Å². The van der Waals surface area contributed by atoms with Crippen LogP contribution in [0.15, 0.2) is 47.3 Å². The lowest BCUT2D eigenvalue weighted by molar-refractivity contribution is -0.160. The fourth-order valence-corrected chi connectivity index (χ4v) is 4.66. The SMILES string of the molecule is C=CC1=C(C(=O)O)N2C(=O)C(NC(=O)/C(=N/OCC(=O)OC(C)(C)C)c3cccc(N)n3)[C@H]2SC1. The van der Waals surface area contributed by atoms with Crippen molar-refractivity contribution in [2.24, 2.45) is 5.16 Å². The van der Waals surface area contributed by atoms with Crippen LogP contribution in [-0.4, -0.2) is 73.8 Å². The maximum absolute atomic E-state index is 13.1. The summed E-state index contributed by atoms with van der Waals surface area (Å²) < 4.78 is 5.13. The molecular formula is C22H25N5O7S. The normalized spacial score (nSPS) is 19.9. The summed E-state index contributed by atoms with van der Waals surface area (Å²) in [6.45, 7) is 8.10. The lowest BCUT2D eigenvalue weighted by atomic mass is 10.0. The number of allylic oxidation sites excluding steroid dienone is 1. The Bertz CT molecular complexity index is 1140. The van der Waals surface area contributed by atoms with Crippen LogP contribution in [0.1, 0.15) is 26.5 Å². The number of carboxylic acid groups (broad SMARTS) is 1. The van der Waals surface area contributed by atoms with Gasteiger partial charge in [0, 0.05) is 5.75 Å². The van der Waals surface area contributed by atoms with Gasteiger partial charge in [0.1, 0.15) is 34.2 Å². The maximum Gasteiger partial charge on any atom is 0.352 e. The van der Waals surface area contributed by atoms with Gasteiger partial charge in [0.05, 0.1) is 0 Å². The van der Waals surface area contributed by atoms with Gasteiger partial charge in [-0.15, -0.1) is 11.8 Å². The Labute approximate surface area is 205 Å². The summed E-state index contributed by atoms with van der Waals surface area (Å²) in [5, 5.41) is 15.2. The number of thioether (sulfide) groups is 1. The van der Waals surface area contributed by atoms with E-state index in [-0.39, 0.29) is 22.9 Å². The Hall–Kier alpha value is -3.87. The number of nitrogens with two attached hydrogens (primary N) is 1. The number of hydrogen-bond donors (Lipinski definition) is 3. The number of aromatic nitrogens is 1. The molecule has 2 aliphatic heterocycles. The van der Waals surface area contributed by atoms with Crippen molar-refractivity contribution in [3.63, 3.8) is 0 Å². The third-order valence-electron chi connectivity index (χ3n) is 4.72. The van der Waals surface area contributed by atoms with Crippen molar-refractivity contribution in [3.8, 4) is 0 Å². The molecule has 35 heavy (non-hydrogen) atoms. The molecule has 2 atom stereocenters. The van der Waals surface area contributed by atoms with E-state index < -0.39 is 47.4 Å². The molecule has 3 rings (SSSR count). The number of ether oxygens (including phenoxy) is 1. The fraction of sp³-hybridized carbons (Fsp3) is 0.364. The van der Waals surface area contributed by atoms with Crippen molar-refractivity contribution in [3.05, 3.63) is 47.8 Å². The molecule has 4 N–H and O–H groups in total. The smallest absolute Gasteiger partial charge is 0.352 e. The number of oxime groups is 1. The van der Waals surface area contributed by atoms with Crippen LogP contribution in [0, 0.1) is 0 Å². The molecule has 0 spiro atoms. The number of aliphatic carboxylic acids is 1. The van der Waals surface area contributed by atoms with Crippen LogP contribution in [-0.2, 0) is 28.8 Å². The topological polar surface area (TPSA) is 174 Å². The summed E-state index contributed by atoms with van der Waals surface area (Å²) >= 11 is 1.29. The molecule has 1 unspecified atom stereocenters. The Morgan fingerprint density at radius 1 is 1.40 bits per heavy atom. The number of esters is 1. The summed E-state index contributed by atoms with van der Waals surface area (Å²) in [6.07, 6.45) is 1.39. The van der Waals surface area contributed by atoms with Crippen molar-refractivity contribution < 1.29 is 33.9 Å². The number of fused-ring (bicyclic) bond motifs is 1.